The number of halogens is 4. The van der Waals surface area contributed by atoms with E-state index in [1.165, 1.54) is 24.3 Å². The Morgan fingerprint density at radius 1 is 1.00 bits per heavy atom. The molecule has 228 valence electrons. The highest BCUT2D eigenvalue weighted by Crippen LogP contribution is 2.44. The van der Waals surface area contributed by atoms with Gasteiger partial charge in [-0.1, -0.05) is 0 Å². The number of anilines is 4. The molecule has 10 nitrogen and oxygen atoms in total. The van der Waals surface area contributed by atoms with Gasteiger partial charge in [-0.25, -0.2) is 22.2 Å². The van der Waals surface area contributed by atoms with Crippen molar-refractivity contribution in [3.63, 3.8) is 0 Å². The van der Waals surface area contributed by atoms with E-state index < -0.39 is 39.3 Å². The van der Waals surface area contributed by atoms with E-state index in [4.69, 9.17) is 0 Å². The van der Waals surface area contributed by atoms with E-state index in [9.17, 15) is 35.9 Å². The minimum Gasteiger partial charge on any atom is -0.395 e. The summed E-state index contributed by atoms with van der Waals surface area (Å²) in [5.74, 6) is -2.96. The average Bonchev–Trinajstić information content (AvgIpc) is 3.75. The zero-order chi connectivity index (χ0) is 30.3. The van der Waals surface area contributed by atoms with Gasteiger partial charge >= 0.3 is 0 Å². The van der Waals surface area contributed by atoms with Crippen molar-refractivity contribution in [1.82, 2.24) is 9.97 Å². The first-order chi connectivity index (χ1) is 19.8. The average molecular weight is 613 g/mol. The van der Waals surface area contributed by atoms with Crippen molar-refractivity contribution >= 4 is 39.1 Å². The lowest BCUT2D eigenvalue weighted by atomic mass is 10.0. The number of amides is 1. The summed E-state index contributed by atoms with van der Waals surface area (Å²) in [4.78, 5) is 25.6. The molecule has 2 aliphatic heterocycles. The summed E-state index contributed by atoms with van der Waals surface area (Å²) in [5.41, 5.74) is 1.21. The van der Waals surface area contributed by atoms with Crippen molar-refractivity contribution in [2.24, 2.45) is 0 Å². The van der Waals surface area contributed by atoms with Gasteiger partial charge in [0, 0.05) is 50.8 Å². The molecule has 2 saturated heterocycles. The molecule has 0 unspecified atom stereocenters. The lowest BCUT2D eigenvalue weighted by Gasteiger charge is -2.32. The molecular weight excluding hydrogens is 580 g/mol. The Bertz CT molecular complexity index is 1490. The summed E-state index contributed by atoms with van der Waals surface area (Å²) in [6.45, 7) is 1.65. The van der Waals surface area contributed by atoms with Crippen molar-refractivity contribution in [3.05, 3.63) is 47.2 Å². The van der Waals surface area contributed by atoms with E-state index in [0.717, 1.165) is 0 Å². The maximum atomic E-state index is 13.6. The number of carbonyl (C=O) groups excluding carboxylic acids is 1. The van der Waals surface area contributed by atoms with Crippen LogP contribution in [0.3, 0.4) is 0 Å². The highest BCUT2D eigenvalue weighted by Gasteiger charge is 2.54. The number of aliphatic hydroxyl groups excluding tert-OH is 1. The van der Waals surface area contributed by atoms with Gasteiger partial charge in [-0.2, -0.15) is 13.8 Å². The molecule has 2 aromatic rings. The number of carbonyl (C=O) groups is 1. The fourth-order valence-corrected chi connectivity index (χ4v) is 6.61. The summed E-state index contributed by atoms with van der Waals surface area (Å²) < 4.78 is 80.7. The molecule has 1 amide bonds. The molecule has 15 heteroatoms. The molecule has 0 spiro atoms. The van der Waals surface area contributed by atoms with E-state index in [2.05, 4.69) is 20.0 Å². The van der Waals surface area contributed by atoms with Crippen LogP contribution in [0.5, 0.6) is 0 Å². The number of aromatic nitrogens is 2. The van der Waals surface area contributed by atoms with Gasteiger partial charge in [0.15, 0.2) is 0 Å². The zero-order valence-electron chi connectivity index (χ0n) is 23.0. The van der Waals surface area contributed by atoms with Gasteiger partial charge in [-0.05, 0) is 56.4 Å². The van der Waals surface area contributed by atoms with E-state index in [1.54, 1.807) is 16.7 Å². The zero-order valence-corrected chi connectivity index (χ0v) is 23.8. The molecule has 3 fully saturated rings. The molecule has 3 heterocycles. The first kappa shape index (κ1) is 30.0. The molecule has 42 heavy (non-hydrogen) atoms. The number of hydrogen-bond acceptors (Lipinski definition) is 8. The minimum atomic E-state index is -3.92. The lowest BCUT2D eigenvalue weighted by Crippen LogP contribution is -2.40. The molecule has 1 aliphatic carbocycles. The van der Waals surface area contributed by atoms with Crippen LogP contribution in [0.25, 0.3) is 0 Å². The van der Waals surface area contributed by atoms with Crippen LogP contribution in [0, 0.1) is 6.92 Å². The standard InChI is InChI=1S/C27H32F4N6O4S/c1-17-14-22(34-25(32-17)37-12-8-27(30,31)9-13-37)33-24(39)20-3-2-19(35-42(40,41)26(16-38)6-7-26)15-21(20)36-10-4-18(5-11-36)23(28)29/h2-3,14-15,35,38H,4-13,16H2,1H3,(H,32,33,34,39). The Morgan fingerprint density at radius 2 is 1.67 bits per heavy atom. The third-order valence-corrected chi connectivity index (χ3v) is 10.2. The molecule has 3 aliphatic rings. The second-order valence-corrected chi connectivity index (χ2v) is 13.1. The van der Waals surface area contributed by atoms with Crippen molar-refractivity contribution in [3.8, 4) is 0 Å². The monoisotopic (exact) mass is 612 g/mol. The largest absolute Gasteiger partial charge is 0.395 e. The van der Waals surface area contributed by atoms with Gasteiger partial charge in [0.25, 0.3) is 17.9 Å². The number of sulfonamides is 1. The molecular formula is C27H32F4N6O4S. The summed E-state index contributed by atoms with van der Waals surface area (Å²) in [6.07, 6.45) is -1.58. The van der Waals surface area contributed by atoms with E-state index >= 15 is 0 Å². The first-order valence-corrected chi connectivity index (χ1v) is 15.1. The third-order valence-electron chi connectivity index (χ3n) is 8.00. The number of rotatable bonds is 8. The molecule has 5 rings (SSSR count). The lowest BCUT2D eigenvalue weighted by molar-refractivity contribution is -0.0222. The molecule has 1 saturated carbocycles. The Hall–Kier alpha value is -3.46. The summed E-state index contributed by atoms with van der Waals surface area (Å²) >= 11 is 0. The smallest absolute Gasteiger partial charge is 0.269 e. The van der Waals surface area contributed by atoms with Crippen LogP contribution in [0.2, 0.25) is 0 Å². The first-order valence-electron chi connectivity index (χ1n) is 13.7. The second-order valence-electron chi connectivity index (χ2n) is 11.0. The Labute approximate surface area is 240 Å². The van der Waals surface area contributed by atoms with Gasteiger partial charge in [-0.3, -0.25) is 9.52 Å². The number of piperidine rings is 2. The van der Waals surface area contributed by atoms with Crippen LogP contribution in [0.4, 0.5) is 40.7 Å². The van der Waals surface area contributed by atoms with Crippen molar-refractivity contribution < 1.29 is 35.9 Å². The fraction of sp³-hybridized carbons (Fsp3) is 0.519. The number of hydrogen-bond donors (Lipinski definition) is 3. The van der Waals surface area contributed by atoms with Crippen LogP contribution >= 0.6 is 0 Å². The van der Waals surface area contributed by atoms with Gasteiger partial charge in [0.05, 0.1) is 23.5 Å². The van der Waals surface area contributed by atoms with E-state index in [1.807, 2.05) is 0 Å². The maximum Gasteiger partial charge on any atom is 0.269 e. The van der Waals surface area contributed by atoms with Crippen LogP contribution in [0.15, 0.2) is 35.9 Å². The summed E-state index contributed by atoms with van der Waals surface area (Å²) in [5, 5.41) is 12.3. The van der Waals surface area contributed by atoms with Gasteiger partial charge in [-0.15, -0.1) is 0 Å². The number of aliphatic hydroxyl groups is 1. The normalized spacial score (nSPS) is 19.8. The summed E-state index contributed by atoms with van der Waals surface area (Å²) in [7, 11) is -3.92. The molecule has 0 radical (unpaired) electrons. The molecule has 0 bridgehead atoms. The number of benzene rings is 1. The Balaban J connectivity index is 1.41. The molecule has 3 N–H and O–H groups in total. The predicted molar refractivity (Wildman–Crippen MR) is 150 cm³/mol. The second kappa shape index (κ2) is 11.3. The highest BCUT2D eigenvalue weighted by molar-refractivity contribution is 7.94. The van der Waals surface area contributed by atoms with Gasteiger partial charge in [0.2, 0.25) is 16.0 Å². The highest BCUT2D eigenvalue weighted by atomic mass is 32.2. The summed E-state index contributed by atoms with van der Waals surface area (Å²) in [6, 6.07) is 5.87. The SMILES string of the molecule is Cc1cc(NC(=O)c2ccc(NS(=O)(=O)C3(CO)CC3)cc2N2CCC(=C(F)F)CC2)nc(N2CCC(F)(F)CC2)n1. The van der Waals surface area contributed by atoms with E-state index in [0.29, 0.717) is 24.2 Å². The number of nitrogens with one attached hydrogen (secondary N) is 2. The number of nitrogens with zero attached hydrogens (tertiary/aromatic N) is 4. The quantitative estimate of drug-likeness (QED) is 0.377. The van der Waals surface area contributed by atoms with Gasteiger partial charge < -0.3 is 20.2 Å². The van der Waals surface area contributed by atoms with Crippen molar-refractivity contribution in [2.45, 2.75) is 56.1 Å². The van der Waals surface area contributed by atoms with Crippen molar-refractivity contribution in [1.29, 1.82) is 0 Å². The van der Waals surface area contributed by atoms with Crippen LogP contribution in [-0.4, -0.2) is 72.9 Å². The topological polar surface area (TPSA) is 128 Å². The molecule has 1 aromatic heterocycles. The Morgan fingerprint density at radius 3 is 2.26 bits per heavy atom. The maximum absolute atomic E-state index is 13.6. The molecule has 0 atom stereocenters. The van der Waals surface area contributed by atoms with Crippen molar-refractivity contribution in [2.75, 3.05) is 52.6 Å². The molecule has 1 aromatic carbocycles. The fourth-order valence-electron chi connectivity index (χ4n) is 5.15. The van der Waals surface area contributed by atoms with Crippen LogP contribution in [0.1, 0.15) is 54.6 Å². The van der Waals surface area contributed by atoms with Crippen LogP contribution < -0.4 is 19.8 Å². The van der Waals surface area contributed by atoms with Crippen LogP contribution in [-0.2, 0) is 10.0 Å². The third kappa shape index (κ3) is 6.31. The van der Waals surface area contributed by atoms with Gasteiger partial charge in [0.1, 0.15) is 10.6 Å². The number of alkyl halides is 2. The predicted octanol–water partition coefficient (Wildman–Crippen LogP) is 4.29. The van der Waals surface area contributed by atoms with E-state index in [-0.39, 0.29) is 80.5 Å². The minimum absolute atomic E-state index is 0.0344. The number of aryl methyl sites for hydroxylation is 1. The Kier molecular flexibility index (Phi) is 8.09.